The van der Waals surface area contributed by atoms with Crippen LogP contribution in [0.25, 0.3) is 0 Å². The summed E-state index contributed by atoms with van der Waals surface area (Å²) in [7, 11) is 0. The lowest BCUT2D eigenvalue weighted by Crippen LogP contribution is -2.49. The molecule has 206 valence electrons. The van der Waals surface area contributed by atoms with Crippen molar-refractivity contribution in [2.24, 2.45) is 5.73 Å². The van der Waals surface area contributed by atoms with Crippen LogP contribution in [0.4, 0.5) is 13.2 Å². The largest absolute Gasteiger partial charge is 0.416 e. The second kappa shape index (κ2) is 12.9. The predicted molar refractivity (Wildman–Crippen MR) is 144 cm³/mol. The molecule has 3 aromatic rings. The van der Waals surface area contributed by atoms with E-state index < -0.39 is 23.7 Å². The number of rotatable bonds is 9. The fraction of sp³-hybridized carbons (Fsp3) is 0.333. The molecule has 1 heterocycles. The molecule has 1 aliphatic heterocycles. The minimum Gasteiger partial charge on any atom is -0.350 e. The van der Waals surface area contributed by atoms with Gasteiger partial charge in [0, 0.05) is 37.2 Å². The van der Waals surface area contributed by atoms with E-state index in [1.165, 1.54) is 0 Å². The summed E-state index contributed by atoms with van der Waals surface area (Å²) >= 11 is 0. The Morgan fingerprint density at radius 2 is 1.56 bits per heavy atom. The molecular weight excluding hydrogens is 505 g/mol. The summed E-state index contributed by atoms with van der Waals surface area (Å²) in [6.45, 7) is 1.54. The van der Waals surface area contributed by atoms with Crippen molar-refractivity contribution in [2.45, 2.75) is 37.0 Å². The number of hydrogen-bond acceptors (Lipinski definition) is 4. The molecule has 4 rings (SSSR count). The van der Waals surface area contributed by atoms with Crippen molar-refractivity contribution in [3.05, 3.63) is 107 Å². The van der Waals surface area contributed by atoms with Crippen LogP contribution in [0.5, 0.6) is 0 Å². The number of nitrogens with two attached hydrogens (primary N) is 1. The van der Waals surface area contributed by atoms with Gasteiger partial charge in [-0.25, -0.2) is 0 Å². The van der Waals surface area contributed by atoms with E-state index in [-0.39, 0.29) is 30.0 Å². The molecule has 39 heavy (non-hydrogen) atoms. The maximum atomic E-state index is 13.6. The van der Waals surface area contributed by atoms with Gasteiger partial charge in [0.05, 0.1) is 11.6 Å². The van der Waals surface area contributed by atoms with Gasteiger partial charge in [-0.3, -0.25) is 9.59 Å². The third-order valence-electron chi connectivity index (χ3n) is 7.04. The summed E-state index contributed by atoms with van der Waals surface area (Å²) in [5.74, 6) is -0.513. The van der Waals surface area contributed by atoms with Crippen LogP contribution in [0.1, 0.15) is 45.8 Å². The third kappa shape index (κ3) is 7.46. The number of nitrogens with one attached hydrogen (secondary N) is 2. The molecule has 0 radical (unpaired) electrons. The van der Waals surface area contributed by atoms with E-state index >= 15 is 0 Å². The van der Waals surface area contributed by atoms with Crippen LogP contribution < -0.4 is 16.4 Å². The average molecular weight is 539 g/mol. The van der Waals surface area contributed by atoms with Crippen molar-refractivity contribution in [3.63, 3.8) is 0 Å². The Balaban J connectivity index is 1.45. The molecule has 1 aliphatic rings. The molecule has 9 heteroatoms. The van der Waals surface area contributed by atoms with Crippen LogP contribution in [0.15, 0.2) is 84.9 Å². The van der Waals surface area contributed by atoms with Crippen molar-refractivity contribution in [3.8, 4) is 0 Å². The van der Waals surface area contributed by atoms with E-state index in [2.05, 4.69) is 34.9 Å². The zero-order valence-corrected chi connectivity index (χ0v) is 21.5. The summed E-state index contributed by atoms with van der Waals surface area (Å²) in [4.78, 5) is 28.1. The quantitative estimate of drug-likeness (QED) is 0.382. The minimum absolute atomic E-state index is 0.00852. The molecule has 1 saturated heterocycles. The molecule has 6 nitrogen and oxygen atoms in total. The van der Waals surface area contributed by atoms with E-state index in [1.54, 1.807) is 0 Å². The van der Waals surface area contributed by atoms with Crippen LogP contribution in [0.2, 0.25) is 0 Å². The third-order valence-corrected chi connectivity index (χ3v) is 7.04. The predicted octanol–water partition coefficient (Wildman–Crippen LogP) is 4.18. The average Bonchev–Trinajstić information content (AvgIpc) is 3.09. The molecule has 0 unspecified atom stereocenters. The Morgan fingerprint density at radius 3 is 2.10 bits per heavy atom. The number of carbonyl (C=O) groups excluding carboxylic acids is 2. The number of benzene rings is 3. The normalized spacial score (nSPS) is 18.2. The van der Waals surface area contributed by atoms with Gasteiger partial charge < -0.3 is 21.3 Å². The van der Waals surface area contributed by atoms with E-state index in [9.17, 15) is 22.8 Å². The smallest absolute Gasteiger partial charge is 0.350 e. The lowest BCUT2D eigenvalue weighted by molar-refractivity contribution is -0.137. The van der Waals surface area contributed by atoms with Gasteiger partial charge in [0.1, 0.15) is 0 Å². The Labute approximate surface area is 226 Å². The molecule has 0 spiro atoms. The molecule has 2 amide bonds. The standard InChI is InChI=1S/C30H33F3N4O2/c31-30(32,33)24-13-11-23(12-14-24)28(38)35-19-25-16-18-37(29(39)27(36-25)15-17-34)20-26(21-7-3-1-4-8-21)22-9-5-2-6-10-22/h1-14,25-27,36H,15-20,34H2,(H,35,38)/t25-,27-/m1/s1. The first-order valence-electron chi connectivity index (χ1n) is 13.1. The van der Waals surface area contributed by atoms with E-state index in [1.807, 2.05) is 41.3 Å². The topological polar surface area (TPSA) is 87.5 Å². The zero-order chi connectivity index (χ0) is 27.8. The molecule has 0 saturated carbocycles. The van der Waals surface area contributed by atoms with Gasteiger partial charge in [-0.15, -0.1) is 0 Å². The molecule has 0 bridgehead atoms. The first kappa shape index (κ1) is 28.3. The van der Waals surface area contributed by atoms with E-state index in [0.717, 1.165) is 35.4 Å². The zero-order valence-electron chi connectivity index (χ0n) is 21.5. The Bertz CT molecular complexity index is 1180. The first-order chi connectivity index (χ1) is 18.8. The van der Waals surface area contributed by atoms with Crippen molar-refractivity contribution in [1.82, 2.24) is 15.5 Å². The van der Waals surface area contributed by atoms with Gasteiger partial charge in [-0.1, -0.05) is 60.7 Å². The van der Waals surface area contributed by atoms with Crippen molar-refractivity contribution in [1.29, 1.82) is 0 Å². The lowest BCUT2D eigenvalue weighted by Gasteiger charge is -2.29. The number of carbonyl (C=O) groups is 2. The maximum absolute atomic E-state index is 13.6. The van der Waals surface area contributed by atoms with Crippen molar-refractivity contribution in [2.75, 3.05) is 26.2 Å². The number of hydrogen-bond donors (Lipinski definition) is 3. The van der Waals surface area contributed by atoms with Gasteiger partial charge in [0.25, 0.3) is 5.91 Å². The highest BCUT2D eigenvalue weighted by Crippen LogP contribution is 2.29. The van der Waals surface area contributed by atoms with Crippen LogP contribution >= 0.6 is 0 Å². The highest BCUT2D eigenvalue weighted by Gasteiger charge is 2.33. The van der Waals surface area contributed by atoms with Crippen LogP contribution in [-0.2, 0) is 11.0 Å². The maximum Gasteiger partial charge on any atom is 0.416 e. The second-order valence-electron chi connectivity index (χ2n) is 9.73. The van der Waals surface area contributed by atoms with Crippen LogP contribution in [0.3, 0.4) is 0 Å². The van der Waals surface area contributed by atoms with E-state index in [0.29, 0.717) is 32.5 Å². The second-order valence-corrected chi connectivity index (χ2v) is 9.73. The van der Waals surface area contributed by atoms with Gasteiger partial charge in [0.2, 0.25) is 5.91 Å². The Hall–Kier alpha value is -3.69. The molecule has 4 N–H and O–H groups in total. The molecular formula is C30H33F3N4O2. The van der Waals surface area contributed by atoms with Crippen molar-refractivity contribution >= 4 is 11.8 Å². The van der Waals surface area contributed by atoms with Crippen LogP contribution in [0, 0.1) is 0 Å². The fourth-order valence-electron chi connectivity index (χ4n) is 4.92. The summed E-state index contributed by atoms with van der Waals surface area (Å²) in [6.07, 6.45) is -3.42. The fourth-order valence-corrected chi connectivity index (χ4v) is 4.92. The van der Waals surface area contributed by atoms with Crippen molar-refractivity contribution < 1.29 is 22.8 Å². The highest BCUT2D eigenvalue weighted by atomic mass is 19.4. The number of halogens is 3. The molecule has 2 atom stereocenters. The van der Waals surface area contributed by atoms with Gasteiger partial charge >= 0.3 is 6.18 Å². The minimum atomic E-state index is -4.46. The molecule has 0 aliphatic carbocycles. The summed E-state index contributed by atoms with van der Waals surface area (Å²) < 4.78 is 38.5. The molecule has 3 aromatic carbocycles. The van der Waals surface area contributed by atoms with Gasteiger partial charge in [-0.2, -0.15) is 13.2 Å². The summed E-state index contributed by atoms with van der Waals surface area (Å²) in [5.41, 5.74) is 7.39. The Morgan fingerprint density at radius 1 is 0.974 bits per heavy atom. The summed E-state index contributed by atoms with van der Waals surface area (Å²) in [5, 5.41) is 6.15. The first-order valence-corrected chi connectivity index (χ1v) is 13.1. The van der Waals surface area contributed by atoms with Crippen LogP contribution in [-0.4, -0.2) is 55.0 Å². The highest BCUT2D eigenvalue weighted by molar-refractivity contribution is 5.94. The number of nitrogens with zero attached hydrogens (tertiary/aromatic N) is 1. The van der Waals surface area contributed by atoms with Gasteiger partial charge in [-0.05, 0) is 54.8 Å². The Kier molecular flexibility index (Phi) is 9.37. The molecule has 0 aromatic heterocycles. The lowest BCUT2D eigenvalue weighted by atomic mass is 9.90. The number of alkyl halides is 3. The molecule has 1 fully saturated rings. The summed E-state index contributed by atoms with van der Waals surface area (Å²) in [6, 6.07) is 23.5. The van der Waals surface area contributed by atoms with E-state index in [4.69, 9.17) is 5.73 Å². The SMILES string of the molecule is NCC[C@H]1N[C@@H](CNC(=O)c2ccc(C(F)(F)F)cc2)CCN(CC(c2ccccc2)c2ccccc2)C1=O. The van der Waals surface area contributed by atoms with Gasteiger partial charge in [0.15, 0.2) is 0 Å². The number of amides is 2. The monoisotopic (exact) mass is 538 g/mol.